The summed E-state index contributed by atoms with van der Waals surface area (Å²) in [5.41, 5.74) is 1.57. The zero-order valence-corrected chi connectivity index (χ0v) is 16.5. The van der Waals surface area contributed by atoms with Crippen LogP contribution in [0.15, 0.2) is 59.8 Å². The average Bonchev–Trinajstić information content (AvgIpc) is 3.00. The molecule has 148 valence electrons. The molecule has 1 aromatic carbocycles. The zero-order chi connectivity index (χ0) is 20.6. The van der Waals surface area contributed by atoms with Crippen molar-refractivity contribution >= 4 is 41.0 Å². The van der Waals surface area contributed by atoms with Crippen LogP contribution in [0.1, 0.15) is 11.1 Å². The van der Waals surface area contributed by atoms with E-state index in [1.807, 2.05) is 18.2 Å². The monoisotopic (exact) mass is 409 g/mol. The van der Waals surface area contributed by atoms with Crippen molar-refractivity contribution in [2.45, 2.75) is 0 Å². The standard InChI is InChI=1S/C21H19N3O4S/c1-28-17-6-2-4-15(12-17)7-8-19(25)23-10-11-24-20(26)18(29-21(24)27)13-16-5-3-9-22-14-16/h2-9,12-14H,10-11H2,1H3,(H,23,25)/b8-7+,18-13-. The number of amides is 3. The first-order valence-electron chi connectivity index (χ1n) is 8.82. The minimum absolute atomic E-state index is 0.105. The van der Waals surface area contributed by atoms with Crippen LogP contribution >= 0.6 is 11.8 Å². The molecule has 1 aliphatic heterocycles. The molecule has 0 atom stereocenters. The predicted molar refractivity (Wildman–Crippen MR) is 112 cm³/mol. The molecule has 29 heavy (non-hydrogen) atoms. The summed E-state index contributed by atoms with van der Waals surface area (Å²) >= 11 is 0.879. The molecule has 0 spiro atoms. The lowest BCUT2D eigenvalue weighted by Crippen LogP contribution is -2.36. The van der Waals surface area contributed by atoms with E-state index in [1.54, 1.807) is 49.9 Å². The molecule has 1 fully saturated rings. The Morgan fingerprint density at radius 1 is 1.24 bits per heavy atom. The van der Waals surface area contributed by atoms with Crippen LogP contribution < -0.4 is 10.1 Å². The number of carbonyl (C=O) groups excluding carboxylic acids is 3. The predicted octanol–water partition coefficient (Wildman–Crippen LogP) is 2.96. The van der Waals surface area contributed by atoms with Crippen molar-refractivity contribution in [1.29, 1.82) is 0 Å². The lowest BCUT2D eigenvalue weighted by Gasteiger charge is -2.12. The minimum Gasteiger partial charge on any atom is -0.497 e. The van der Waals surface area contributed by atoms with Crippen LogP contribution in [-0.2, 0) is 9.59 Å². The number of carbonyl (C=O) groups is 3. The van der Waals surface area contributed by atoms with Gasteiger partial charge in [0.1, 0.15) is 5.75 Å². The van der Waals surface area contributed by atoms with Crippen LogP contribution in [-0.4, -0.2) is 47.1 Å². The number of methoxy groups -OCH3 is 1. The minimum atomic E-state index is -0.370. The van der Waals surface area contributed by atoms with Crippen LogP contribution in [0, 0.1) is 0 Å². The lowest BCUT2D eigenvalue weighted by atomic mass is 10.2. The molecule has 0 aliphatic carbocycles. The SMILES string of the molecule is COc1cccc(/C=C/C(=O)NCCN2C(=O)S/C(=C\c3cccnc3)C2=O)c1. The lowest BCUT2D eigenvalue weighted by molar-refractivity contribution is -0.123. The number of nitrogens with zero attached hydrogens (tertiary/aromatic N) is 2. The van der Waals surface area contributed by atoms with Crippen LogP contribution in [0.2, 0.25) is 0 Å². The van der Waals surface area contributed by atoms with Crippen LogP contribution in [0.25, 0.3) is 12.2 Å². The van der Waals surface area contributed by atoms with E-state index in [9.17, 15) is 14.4 Å². The fourth-order valence-electron chi connectivity index (χ4n) is 2.57. The summed E-state index contributed by atoms with van der Waals surface area (Å²) in [6.07, 6.45) is 7.93. The maximum atomic E-state index is 12.4. The van der Waals surface area contributed by atoms with Gasteiger partial charge in [-0.15, -0.1) is 0 Å². The van der Waals surface area contributed by atoms with Crippen molar-refractivity contribution in [3.63, 3.8) is 0 Å². The van der Waals surface area contributed by atoms with Gasteiger partial charge >= 0.3 is 0 Å². The first kappa shape index (κ1) is 20.3. The molecule has 3 amide bonds. The molecule has 0 bridgehead atoms. The molecular formula is C21H19N3O4S. The third-order valence-electron chi connectivity index (χ3n) is 4.01. The summed E-state index contributed by atoms with van der Waals surface area (Å²) < 4.78 is 5.14. The van der Waals surface area contributed by atoms with Gasteiger partial charge in [-0.1, -0.05) is 18.2 Å². The smallest absolute Gasteiger partial charge is 0.293 e. The molecule has 8 heteroatoms. The number of thioether (sulfide) groups is 1. The van der Waals surface area contributed by atoms with Gasteiger partial charge in [0, 0.05) is 31.6 Å². The summed E-state index contributed by atoms with van der Waals surface area (Å²) in [5, 5.41) is 2.32. The molecule has 2 heterocycles. The number of nitrogens with one attached hydrogen (secondary N) is 1. The number of hydrogen-bond acceptors (Lipinski definition) is 6. The van der Waals surface area contributed by atoms with E-state index in [0.717, 1.165) is 27.8 Å². The van der Waals surface area contributed by atoms with E-state index in [2.05, 4.69) is 10.3 Å². The van der Waals surface area contributed by atoms with Gasteiger partial charge < -0.3 is 10.1 Å². The van der Waals surface area contributed by atoms with Crippen molar-refractivity contribution < 1.29 is 19.1 Å². The van der Waals surface area contributed by atoms with Gasteiger partial charge in [-0.2, -0.15) is 0 Å². The summed E-state index contributed by atoms with van der Waals surface area (Å²) in [5.74, 6) is 0.0157. The number of benzene rings is 1. The second-order valence-electron chi connectivity index (χ2n) is 6.02. The molecule has 1 saturated heterocycles. The van der Waals surface area contributed by atoms with E-state index in [4.69, 9.17) is 4.74 Å². The number of rotatable bonds is 7. The number of ether oxygens (including phenoxy) is 1. The van der Waals surface area contributed by atoms with E-state index >= 15 is 0 Å². The number of imide groups is 1. The van der Waals surface area contributed by atoms with Crippen molar-refractivity contribution in [2.75, 3.05) is 20.2 Å². The van der Waals surface area contributed by atoms with E-state index in [1.165, 1.54) is 6.08 Å². The third-order valence-corrected chi connectivity index (χ3v) is 4.92. The Hall–Kier alpha value is -3.39. The Morgan fingerprint density at radius 3 is 2.83 bits per heavy atom. The fourth-order valence-corrected chi connectivity index (χ4v) is 3.44. The topological polar surface area (TPSA) is 88.6 Å². The van der Waals surface area contributed by atoms with Crippen LogP contribution in [0.5, 0.6) is 5.75 Å². The fraction of sp³-hybridized carbons (Fsp3) is 0.143. The molecule has 7 nitrogen and oxygen atoms in total. The highest BCUT2D eigenvalue weighted by Gasteiger charge is 2.34. The summed E-state index contributed by atoms with van der Waals surface area (Å²) in [6, 6.07) is 10.9. The van der Waals surface area contributed by atoms with Crippen LogP contribution in [0.3, 0.4) is 0 Å². The van der Waals surface area contributed by atoms with Crippen molar-refractivity contribution in [1.82, 2.24) is 15.2 Å². The van der Waals surface area contributed by atoms with Crippen molar-refractivity contribution in [2.24, 2.45) is 0 Å². The highest BCUT2D eigenvalue weighted by atomic mass is 32.2. The Kier molecular flexibility index (Phi) is 6.80. The maximum absolute atomic E-state index is 12.4. The van der Waals surface area contributed by atoms with Gasteiger partial charge in [0.2, 0.25) is 5.91 Å². The van der Waals surface area contributed by atoms with Gasteiger partial charge in [-0.3, -0.25) is 24.3 Å². The van der Waals surface area contributed by atoms with Crippen LogP contribution in [0.4, 0.5) is 4.79 Å². The molecule has 1 aliphatic rings. The number of hydrogen-bond donors (Lipinski definition) is 1. The first-order valence-corrected chi connectivity index (χ1v) is 9.64. The van der Waals surface area contributed by atoms with Gasteiger partial charge in [0.15, 0.2) is 0 Å². The second-order valence-corrected chi connectivity index (χ2v) is 7.01. The Balaban J connectivity index is 1.51. The molecule has 0 radical (unpaired) electrons. The molecule has 0 saturated carbocycles. The molecule has 0 unspecified atom stereocenters. The van der Waals surface area contributed by atoms with Crippen molar-refractivity contribution in [3.8, 4) is 5.75 Å². The number of pyridine rings is 1. The second kappa shape index (κ2) is 9.70. The third kappa shape index (κ3) is 5.55. The molecule has 1 N–H and O–H groups in total. The Morgan fingerprint density at radius 2 is 2.07 bits per heavy atom. The van der Waals surface area contributed by atoms with Gasteiger partial charge in [-0.05, 0) is 53.2 Å². The van der Waals surface area contributed by atoms with Crippen molar-refractivity contribution in [3.05, 3.63) is 70.9 Å². The summed E-state index contributed by atoms with van der Waals surface area (Å²) in [4.78, 5) is 41.9. The Bertz CT molecular complexity index is 973. The van der Waals surface area contributed by atoms with E-state index < -0.39 is 0 Å². The van der Waals surface area contributed by atoms with E-state index in [0.29, 0.717) is 10.7 Å². The summed E-state index contributed by atoms with van der Waals surface area (Å²) in [7, 11) is 1.58. The normalized spacial score (nSPS) is 15.3. The van der Waals surface area contributed by atoms with Gasteiger partial charge in [0.25, 0.3) is 11.1 Å². The highest BCUT2D eigenvalue weighted by molar-refractivity contribution is 8.18. The zero-order valence-electron chi connectivity index (χ0n) is 15.7. The highest BCUT2D eigenvalue weighted by Crippen LogP contribution is 2.31. The largest absolute Gasteiger partial charge is 0.497 e. The van der Waals surface area contributed by atoms with Gasteiger partial charge in [0.05, 0.1) is 12.0 Å². The first-order chi connectivity index (χ1) is 14.1. The summed E-state index contributed by atoms with van der Waals surface area (Å²) in [6.45, 7) is 0.271. The Labute approximate surface area is 172 Å². The van der Waals surface area contributed by atoms with Gasteiger partial charge in [-0.25, -0.2) is 0 Å². The average molecular weight is 409 g/mol. The molecule has 3 rings (SSSR count). The molecular weight excluding hydrogens is 390 g/mol. The molecule has 1 aromatic heterocycles. The number of aromatic nitrogens is 1. The quantitative estimate of drug-likeness (QED) is 0.708. The van der Waals surface area contributed by atoms with E-state index in [-0.39, 0.29) is 30.1 Å². The molecule has 2 aromatic rings. The maximum Gasteiger partial charge on any atom is 0.293 e.